The van der Waals surface area contributed by atoms with E-state index < -0.39 is 36.3 Å². The van der Waals surface area contributed by atoms with Gasteiger partial charge in [-0.1, -0.05) is 87.1 Å². The number of carbonyl (C=O) groups is 3. The molecule has 0 aliphatic carbocycles. The smallest absolute Gasteiger partial charge is 0.408 e. The molecular formula is C32H47N3O5. The van der Waals surface area contributed by atoms with Crippen molar-refractivity contribution < 1.29 is 24.2 Å². The average Bonchev–Trinajstić information content (AvgIpc) is 2.89. The Morgan fingerprint density at radius 1 is 0.925 bits per heavy atom. The number of carbonyl (C=O) groups excluding carboxylic acids is 3. The van der Waals surface area contributed by atoms with E-state index in [1.165, 1.54) is 4.90 Å². The van der Waals surface area contributed by atoms with Crippen LogP contribution in [-0.2, 0) is 14.3 Å². The van der Waals surface area contributed by atoms with Crippen molar-refractivity contribution >= 4 is 23.6 Å². The van der Waals surface area contributed by atoms with Crippen molar-refractivity contribution in [2.24, 2.45) is 0 Å². The lowest BCUT2D eigenvalue weighted by molar-refractivity contribution is -0.141. The maximum absolute atomic E-state index is 14.0. The first-order valence-electron chi connectivity index (χ1n) is 14.3. The maximum Gasteiger partial charge on any atom is 0.408 e. The van der Waals surface area contributed by atoms with E-state index in [4.69, 9.17) is 4.74 Å². The number of hydrogen-bond donors (Lipinski definition) is 3. The Morgan fingerprint density at radius 2 is 1.55 bits per heavy atom. The van der Waals surface area contributed by atoms with Crippen LogP contribution >= 0.6 is 0 Å². The molecule has 2 rings (SSSR count). The second-order valence-electron chi connectivity index (χ2n) is 11.3. The van der Waals surface area contributed by atoms with E-state index in [0.717, 1.165) is 43.2 Å². The molecule has 2 aromatic rings. The van der Waals surface area contributed by atoms with Crippen LogP contribution in [0.1, 0.15) is 89.0 Å². The van der Waals surface area contributed by atoms with Crippen LogP contribution in [0.25, 0.3) is 0 Å². The van der Waals surface area contributed by atoms with Gasteiger partial charge in [0.25, 0.3) is 5.91 Å². The summed E-state index contributed by atoms with van der Waals surface area (Å²) in [6, 6.07) is 12.7. The van der Waals surface area contributed by atoms with E-state index in [0.29, 0.717) is 17.7 Å². The summed E-state index contributed by atoms with van der Waals surface area (Å²) in [7, 11) is 0. The lowest BCUT2D eigenvalue weighted by atomic mass is 10.0. The van der Waals surface area contributed by atoms with Crippen LogP contribution < -0.4 is 10.6 Å². The molecule has 0 radical (unpaired) electrons. The molecule has 0 heterocycles. The number of benzene rings is 2. The quantitative estimate of drug-likeness (QED) is 0.247. The number of aryl methyl sites for hydroxylation is 2. The molecular weight excluding hydrogens is 506 g/mol. The maximum atomic E-state index is 14.0. The summed E-state index contributed by atoms with van der Waals surface area (Å²) in [5, 5.41) is 15.6. The second-order valence-corrected chi connectivity index (χ2v) is 11.3. The lowest BCUT2D eigenvalue weighted by Gasteiger charge is -2.34. The summed E-state index contributed by atoms with van der Waals surface area (Å²) in [6.07, 6.45) is 5.19. The van der Waals surface area contributed by atoms with Crippen LogP contribution in [0.3, 0.4) is 0 Å². The van der Waals surface area contributed by atoms with E-state index >= 15 is 0 Å². The SMILES string of the molecule is CCCCCCCCN(C(=O)C(CO)NC(=O)OC(C)(C)C)C(C(=O)Nc1ccccc1C)c1ccc(C)cc1. The number of ether oxygens (including phenoxy) is 1. The normalized spacial score (nSPS) is 12.8. The number of aliphatic hydroxyl groups excluding tert-OH is 1. The number of alkyl carbamates (subject to hydrolysis) is 1. The van der Waals surface area contributed by atoms with E-state index in [9.17, 15) is 19.5 Å². The van der Waals surface area contributed by atoms with Gasteiger partial charge in [0, 0.05) is 12.2 Å². The Labute approximate surface area is 239 Å². The van der Waals surface area contributed by atoms with Gasteiger partial charge >= 0.3 is 6.09 Å². The summed E-state index contributed by atoms with van der Waals surface area (Å²) >= 11 is 0. The summed E-state index contributed by atoms with van der Waals surface area (Å²) in [6.45, 7) is 10.8. The molecule has 0 bridgehead atoms. The highest BCUT2D eigenvalue weighted by Gasteiger charge is 2.36. The Kier molecular flexibility index (Phi) is 13.1. The number of amides is 3. The van der Waals surface area contributed by atoms with Crippen molar-refractivity contribution in [1.29, 1.82) is 0 Å². The molecule has 2 unspecified atom stereocenters. The fraction of sp³-hybridized carbons (Fsp3) is 0.531. The highest BCUT2D eigenvalue weighted by atomic mass is 16.6. The monoisotopic (exact) mass is 553 g/mol. The van der Waals surface area contributed by atoms with Gasteiger partial charge in [0.15, 0.2) is 0 Å². The summed E-state index contributed by atoms with van der Waals surface area (Å²) < 4.78 is 5.32. The van der Waals surface area contributed by atoms with Crippen molar-refractivity contribution in [2.75, 3.05) is 18.5 Å². The average molecular weight is 554 g/mol. The first-order chi connectivity index (χ1) is 19.0. The topological polar surface area (TPSA) is 108 Å². The number of para-hydroxylation sites is 1. The standard InChI is InChI=1S/C32H47N3O5/c1-7-8-9-10-11-14-21-35(30(38)27(22-36)34-31(39)40-32(4,5)6)28(25-19-17-23(2)18-20-25)29(37)33-26-16-13-12-15-24(26)3/h12-13,15-20,27-28,36H,7-11,14,21-22H2,1-6H3,(H,33,37)(H,34,39). The van der Waals surface area contributed by atoms with Crippen molar-refractivity contribution in [3.63, 3.8) is 0 Å². The highest BCUT2D eigenvalue weighted by molar-refractivity contribution is 5.99. The van der Waals surface area contributed by atoms with Gasteiger partial charge in [-0.15, -0.1) is 0 Å². The largest absolute Gasteiger partial charge is 0.444 e. The van der Waals surface area contributed by atoms with E-state index in [1.807, 2.05) is 62.4 Å². The molecule has 0 aliphatic rings. The number of nitrogens with one attached hydrogen (secondary N) is 2. The molecule has 220 valence electrons. The fourth-order valence-corrected chi connectivity index (χ4v) is 4.40. The minimum absolute atomic E-state index is 0.289. The van der Waals surface area contributed by atoms with E-state index in [-0.39, 0.29) is 12.5 Å². The summed E-state index contributed by atoms with van der Waals surface area (Å²) in [5.74, 6) is -0.918. The summed E-state index contributed by atoms with van der Waals surface area (Å²) in [5.41, 5.74) is 2.44. The number of unbranched alkanes of at least 4 members (excludes halogenated alkanes) is 5. The van der Waals surface area contributed by atoms with Gasteiger partial charge in [0.05, 0.1) is 6.61 Å². The van der Waals surface area contributed by atoms with Crippen LogP contribution in [0.5, 0.6) is 0 Å². The predicted molar refractivity (Wildman–Crippen MR) is 159 cm³/mol. The van der Waals surface area contributed by atoms with E-state index in [2.05, 4.69) is 17.6 Å². The molecule has 3 amide bonds. The zero-order chi connectivity index (χ0) is 29.7. The van der Waals surface area contributed by atoms with E-state index in [1.54, 1.807) is 20.8 Å². The Hall–Kier alpha value is -3.39. The molecule has 0 saturated heterocycles. The Bertz CT molecular complexity index is 1090. The van der Waals surface area contributed by atoms with Gasteiger partial charge in [-0.2, -0.15) is 0 Å². The molecule has 3 N–H and O–H groups in total. The number of nitrogens with zero attached hydrogens (tertiary/aromatic N) is 1. The van der Waals surface area contributed by atoms with Crippen LogP contribution in [0, 0.1) is 13.8 Å². The molecule has 0 fully saturated rings. The molecule has 0 aromatic heterocycles. The van der Waals surface area contributed by atoms with Gasteiger partial charge in [-0.25, -0.2) is 4.79 Å². The van der Waals surface area contributed by atoms with Crippen molar-refractivity contribution in [2.45, 2.75) is 97.8 Å². The minimum atomic E-state index is -1.27. The number of aliphatic hydroxyl groups is 1. The van der Waals surface area contributed by atoms with Gasteiger partial charge in [-0.3, -0.25) is 9.59 Å². The molecule has 8 nitrogen and oxygen atoms in total. The number of hydrogen-bond acceptors (Lipinski definition) is 5. The minimum Gasteiger partial charge on any atom is -0.444 e. The van der Waals surface area contributed by atoms with Crippen LogP contribution in [0.2, 0.25) is 0 Å². The first-order valence-corrected chi connectivity index (χ1v) is 14.3. The third-order valence-electron chi connectivity index (χ3n) is 6.56. The molecule has 2 atom stereocenters. The van der Waals surface area contributed by atoms with Gasteiger partial charge < -0.3 is 25.4 Å². The van der Waals surface area contributed by atoms with Crippen molar-refractivity contribution in [3.05, 3.63) is 65.2 Å². The third-order valence-corrected chi connectivity index (χ3v) is 6.56. The predicted octanol–water partition coefficient (Wildman–Crippen LogP) is 6.06. The molecule has 0 saturated carbocycles. The zero-order valence-electron chi connectivity index (χ0n) is 25.0. The Morgan fingerprint density at radius 3 is 2.15 bits per heavy atom. The molecule has 0 spiro atoms. The van der Waals surface area contributed by atoms with Crippen LogP contribution in [-0.4, -0.2) is 52.7 Å². The molecule has 8 heteroatoms. The molecule has 2 aromatic carbocycles. The summed E-state index contributed by atoms with van der Waals surface area (Å²) in [4.78, 5) is 41.9. The molecule has 40 heavy (non-hydrogen) atoms. The third kappa shape index (κ3) is 10.6. The molecule has 0 aliphatic heterocycles. The number of anilines is 1. The van der Waals surface area contributed by atoms with Crippen molar-refractivity contribution in [1.82, 2.24) is 10.2 Å². The zero-order valence-corrected chi connectivity index (χ0v) is 25.0. The second kappa shape index (κ2) is 16.0. The van der Waals surface area contributed by atoms with Gasteiger partial charge in [0.2, 0.25) is 5.91 Å². The lowest BCUT2D eigenvalue weighted by Crippen LogP contribution is -2.54. The first kappa shape index (κ1) is 32.8. The van der Waals surface area contributed by atoms with Gasteiger partial charge in [0.1, 0.15) is 17.7 Å². The van der Waals surface area contributed by atoms with Crippen LogP contribution in [0.4, 0.5) is 10.5 Å². The van der Waals surface area contributed by atoms with Gasteiger partial charge in [-0.05, 0) is 58.2 Å². The number of rotatable bonds is 14. The Balaban J connectivity index is 2.43. The highest BCUT2D eigenvalue weighted by Crippen LogP contribution is 2.26. The van der Waals surface area contributed by atoms with Crippen molar-refractivity contribution in [3.8, 4) is 0 Å². The van der Waals surface area contributed by atoms with Crippen LogP contribution in [0.15, 0.2) is 48.5 Å². The fourth-order valence-electron chi connectivity index (χ4n) is 4.40.